The first-order valence-electron chi connectivity index (χ1n) is 9.22. The molecule has 6 nitrogen and oxygen atoms in total. The molecular formula is C20H32O6. The second-order valence-electron chi connectivity index (χ2n) is 9.25. The quantitative estimate of drug-likeness (QED) is 0.644. The number of hydrogen-bond acceptors (Lipinski definition) is 4. The SMILES string of the molecule is C=C[C@@]1(C)CCC2[C@](C)([C@@H](O)C(=O)O)C(C(C)(C)C(=O)O)CC[C@]2(C)O1. The van der Waals surface area contributed by atoms with Gasteiger partial charge in [0, 0.05) is 5.41 Å². The van der Waals surface area contributed by atoms with E-state index < -0.39 is 46.0 Å². The summed E-state index contributed by atoms with van der Waals surface area (Å²) in [6, 6.07) is 0. The molecule has 3 N–H and O–H groups in total. The van der Waals surface area contributed by atoms with E-state index in [-0.39, 0.29) is 5.92 Å². The van der Waals surface area contributed by atoms with Crippen molar-refractivity contribution in [2.45, 2.75) is 77.6 Å². The highest BCUT2D eigenvalue weighted by molar-refractivity contribution is 5.76. The minimum Gasteiger partial charge on any atom is -0.481 e. The first-order chi connectivity index (χ1) is 11.7. The Morgan fingerprint density at radius 1 is 1.19 bits per heavy atom. The van der Waals surface area contributed by atoms with Gasteiger partial charge in [-0.15, -0.1) is 6.58 Å². The van der Waals surface area contributed by atoms with Crippen molar-refractivity contribution in [3.63, 3.8) is 0 Å². The van der Waals surface area contributed by atoms with E-state index in [2.05, 4.69) is 6.58 Å². The molecule has 1 aliphatic carbocycles. The number of rotatable bonds is 5. The maximum atomic E-state index is 11.9. The molecule has 2 unspecified atom stereocenters. The van der Waals surface area contributed by atoms with Gasteiger partial charge in [-0.25, -0.2) is 4.79 Å². The van der Waals surface area contributed by atoms with Gasteiger partial charge in [0.05, 0.1) is 16.6 Å². The summed E-state index contributed by atoms with van der Waals surface area (Å²) < 4.78 is 6.39. The Labute approximate surface area is 155 Å². The monoisotopic (exact) mass is 368 g/mol. The van der Waals surface area contributed by atoms with Gasteiger partial charge in [0.15, 0.2) is 6.10 Å². The Bertz CT molecular complexity index is 613. The lowest BCUT2D eigenvalue weighted by atomic mass is 9.46. The topological polar surface area (TPSA) is 104 Å². The fourth-order valence-electron chi connectivity index (χ4n) is 5.65. The highest BCUT2D eigenvalue weighted by Crippen LogP contribution is 2.62. The van der Waals surface area contributed by atoms with Crippen LogP contribution in [0.5, 0.6) is 0 Å². The van der Waals surface area contributed by atoms with Crippen LogP contribution in [0, 0.1) is 22.7 Å². The molecule has 2 fully saturated rings. The van der Waals surface area contributed by atoms with Crippen LogP contribution < -0.4 is 0 Å². The van der Waals surface area contributed by atoms with Crippen molar-refractivity contribution in [3.05, 3.63) is 12.7 Å². The van der Waals surface area contributed by atoms with E-state index in [9.17, 15) is 24.9 Å². The van der Waals surface area contributed by atoms with Gasteiger partial charge in [-0.05, 0) is 65.2 Å². The van der Waals surface area contributed by atoms with Gasteiger partial charge in [0.1, 0.15) is 0 Å². The van der Waals surface area contributed by atoms with E-state index in [1.807, 2.05) is 13.8 Å². The number of ether oxygens (including phenoxy) is 1. The summed E-state index contributed by atoms with van der Waals surface area (Å²) in [5, 5.41) is 30.0. The Kier molecular flexibility index (Phi) is 5.10. The van der Waals surface area contributed by atoms with E-state index in [1.54, 1.807) is 26.8 Å². The minimum atomic E-state index is -1.66. The largest absolute Gasteiger partial charge is 0.481 e. The van der Waals surface area contributed by atoms with Crippen LogP contribution in [0.25, 0.3) is 0 Å². The van der Waals surface area contributed by atoms with Gasteiger partial charge in [-0.1, -0.05) is 13.0 Å². The van der Waals surface area contributed by atoms with Crippen molar-refractivity contribution in [3.8, 4) is 0 Å². The van der Waals surface area contributed by atoms with Crippen LogP contribution in [0.1, 0.15) is 60.3 Å². The van der Waals surface area contributed by atoms with E-state index in [0.717, 1.165) is 0 Å². The average molecular weight is 368 g/mol. The number of hydrogen-bond donors (Lipinski definition) is 3. The molecule has 0 spiro atoms. The fraction of sp³-hybridized carbons (Fsp3) is 0.800. The van der Waals surface area contributed by atoms with Crippen LogP contribution in [0.2, 0.25) is 0 Å². The third kappa shape index (κ3) is 2.97. The molecule has 1 heterocycles. The summed E-state index contributed by atoms with van der Waals surface area (Å²) in [5.74, 6) is -3.07. The van der Waals surface area contributed by atoms with Crippen molar-refractivity contribution in [1.29, 1.82) is 0 Å². The molecule has 0 radical (unpaired) electrons. The molecule has 26 heavy (non-hydrogen) atoms. The molecule has 148 valence electrons. The average Bonchev–Trinajstić information content (AvgIpc) is 2.52. The van der Waals surface area contributed by atoms with Crippen LogP contribution in [0.15, 0.2) is 12.7 Å². The van der Waals surface area contributed by atoms with E-state index >= 15 is 0 Å². The summed E-state index contributed by atoms with van der Waals surface area (Å²) in [5.41, 5.74) is -3.43. The fourth-order valence-corrected chi connectivity index (χ4v) is 5.65. The molecule has 2 aliphatic rings. The van der Waals surface area contributed by atoms with Gasteiger partial charge in [-0.3, -0.25) is 4.79 Å². The third-order valence-corrected chi connectivity index (χ3v) is 7.24. The van der Waals surface area contributed by atoms with Crippen LogP contribution >= 0.6 is 0 Å². The number of carbonyl (C=O) groups is 2. The molecule has 0 bridgehead atoms. The number of aliphatic hydroxyl groups excluding tert-OH is 1. The zero-order chi connectivity index (χ0) is 20.1. The molecule has 6 atom stereocenters. The van der Waals surface area contributed by atoms with E-state index in [4.69, 9.17) is 4.74 Å². The van der Waals surface area contributed by atoms with Gasteiger partial charge >= 0.3 is 11.9 Å². The second-order valence-corrected chi connectivity index (χ2v) is 9.25. The van der Waals surface area contributed by atoms with Crippen LogP contribution in [0.3, 0.4) is 0 Å². The lowest BCUT2D eigenvalue weighted by Crippen LogP contribution is -2.66. The molecule has 0 aromatic rings. The number of carboxylic acid groups (broad SMARTS) is 2. The van der Waals surface area contributed by atoms with Crippen molar-refractivity contribution >= 4 is 11.9 Å². The van der Waals surface area contributed by atoms with E-state index in [0.29, 0.717) is 25.7 Å². The molecule has 2 rings (SSSR count). The smallest absolute Gasteiger partial charge is 0.333 e. The summed E-state index contributed by atoms with van der Waals surface area (Å²) in [6.45, 7) is 12.7. The van der Waals surface area contributed by atoms with Crippen molar-refractivity contribution in [2.75, 3.05) is 0 Å². The Morgan fingerprint density at radius 2 is 1.77 bits per heavy atom. The van der Waals surface area contributed by atoms with Gasteiger partial charge < -0.3 is 20.1 Å². The molecular weight excluding hydrogens is 336 g/mol. The number of aliphatic hydroxyl groups is 1. The normalized spacial score (nSPS) is 41.8. The predicted molar refractivity (Wildman–Crippen MR) is 96.7 cm³/mol. The predicted octanol–water partition coefficient (Wildman–Crippen LogP) is 3.09. The molecule has 1 saturated heterocycles. The van der Waals surface area contributed by atoms with Crippen LogP contribution in [-0.4, -0.2) is 44.6 Å². The summed E-state index contributed by atoms with van der Waals surface area (Å²) >= 11 is 0. The lowest BCUT2D eigenvalue weighted by Gasteiger charge is -2.63. The maximum Gasteiger partial charge on any atom is 0.333 e. The molecule has 1 aliphatic heterocycles. The standard InChI is InChI=1S/C20H32O6/c1-7-18(4)10-8-13-19(5,26-18)11-9-12(17(2,3)16(24)25)20(13,6)14(21)15(22)23/h7,12-14,21H,1,8-11H2,2-6H3,(H,22,23)(H,24,25)/t12?,13?,14-,18-,19-,20+/m0/s1. The maximum absolute atomic E-state index is 11.9. The molecule has 6 heteroatoms. The summed E-state index contributed by atoms with van der Waals surface area (Å²) in [6.07, 6.45) is 2.50. The lowest BCUT2D eigenvalue weighted by molar-refractivity contribution is -0.263. The zero-order valence-electron chi connectivity index (χ0n) is 16.4. The Balaban J connectivity index is 2.57. The first kappa shape index (κ1) is 20.9. The van der Waals surface area contributed by atoms with Crippen LogP contribution in [0.4, 0.5) is 0 Å². The van der Waals surface area contributed by atoms with Crippen LogP contribution in [-0.2, 0) is 14.3 Å². The zero-order valence-corrected chi connectivity index (χ0v) is 16.4. The second kappa shape index (κ2) is 6.34. The highest BCUT2D eigenvalue weighted by atomic mass is 16.5. The third-order valence-electron chi connectivity index (χ3n) is 7.24. The van der Waals surface area contributed by atoms with Gasteiger partial charge in [-0.2, -0.15) is 0 Å². The molecule has 0 aromatic carbocycles. The van der Waals surface area contributed by atoms with Crippen molar-refractivity contribution in [2.24, 2.45) is 22.7 Å². The Morgan fingerprint density at radius 3 is 2.23 bits per heavy atom. The molecule has 0 amide bonds. The highest BCUT2D eigenvalue weighted by Gasteiger charge is 2.65. The molecule has 1 saturated carbocycles. The summed E-state index contributed by atoms with van der Waals surface area (Å²) in [7, 11) is 0. The van der Waals surface area contributed by atoms with Crippen molar-refractivity contribution < 1.29 is 29.6 Å². The Hall–Kier alpha value is -1.40. The number of carboxylic acids is 2. The van der Waals surface area contributed by atoms with Crippen molar-refractivity contribution in [1.82, 2.24) is 0 Å². The van der Waals surface area contributed by atoms with Gasteiger partial charge in [0.2, 0.25) is 0 Å². The summed E-state index contributed by atoms with van der Waals surface area (Å²) in [4.78, 5) is 23.7. The number of aliphatic carboxylic acids is 2. The number of fused-ring (bicyclic) bond motifs is 1. The minimum absolute atomic E-state index is 0.272. The first-order valence-corrected chi connectivity index (χ1v) is 9.22. The van der Waals surface area contributed by atoms with E-state index in [1.165, 1.54) is 0 Å². The molecule has 0 aromatic heterocycles. The van der Waals surface area contributed by atoms with Gasteiger partial charge in [0.25, 0.3) is 0 Å².